The molecule has 1 saturated heterocycles. The minimum Gasteiger partial charge on any atom is -0.332 e. The van der Waals surface area contributed by atoms with Crippen molar-refractivity contribution in [2.24, 2.45) is 0 Å². The Bertz CT molecular complexity index is 1280. The Morgan fingerprint density at radius 2 is 1.97 bits per heavy atom. The average molecular weight is 423 g/mol. The molecule has 1 aromatic carbocycles. The zero-order valence-electron chi connectivity index (χ0n) is 16.0. The Balaban J connectivity index is 1.47. The van der Waals surface area contributed by atoms with Gasteiger partial charge in [0.2, 0.25) is 11.8 Å². The molecule has 1 atom stereocenters. The Kier molecular flexibility index (Phi) is 4.24. The van der Waals surface area contributed by atoms with Gasteiger partial charge in [-0.15, -0.1) is 0 Å². The van der Waals surface area contributed by atoms with Crippen LogP contribution in [0.25, 0.3) is 16.8 Å². The van der Waals surface area contributed by atoms with E-state index in [1.54, 1.807) is 0 Å². The quantitative estimate of drug-likeness (QED) is 0.661. The number of amides is 3. The number of hydrogen-bond donors (Lipinski definition) is 2. The van der Waals surface area contributed by atoms with Gasteiger partial charge in [-0.25, -0.2) is 9.50 Å². The maximum absolute atomic E-state index is 13.1. The van der Waals surface area contributed by atoms with E-state index >= 15 is 0 Å². The summed E-state index contributed by atoms with van der Waals surface area (Å²) in [5, 5.41) is 4.08. The van der Waals surface area contributed by atoms with Crippen molar-refractivity contribution in [3.8, 4) is 11.1 Å². The molecule has 5 rings (SSSR count). The standard InChI is InChI=1S/C20H17N5O4S/c1-10-16(11-5-3-2-4-6-11)17-21-13-9-24(8-12(13)19(28)25(17)23-10)15(26)7-14-18(27)22-20(29)30-14/h2-6,14,23H,7-9H2,1H3,(H,22,27,29)/t14-/m0/s1. The van der Waals surface area contributed by atoms with Gasteiger partial charge < -0.3 is 4.90 Å². The first-order chi connectivity index (χ1) is 14.4. The van der Waals surface area contributed by atoms with E-state index in [4.69, 9.17) is 4.98 Å². The Labute approximate surface area is 174 Å². The van der Waals surface area contributed by atoms with Gasteiger partial charge in [0.05, 0.1) is 24.3 Å². The fourth-order valence-corrected chi connectivity index (χ4v) is 4.73. The summed E-state index contributed by atoms with van der Waals surface area (Å²) in [6.45, 7) is 2.23. The van der Waals surface area contributed by atoms with E-state index in [0.29, 0.717) is 16.9 Å². The van der Waals surface area contributed by atoms with Crippen LogP contribution in [0.3, 0.4) is 0 Å². The molecule has 0 spiro atoms. The van der Waals surface area contributed by atoms with Crippen molar-refractivity contribution in [1.82, 2.24) is 24.8 Å². The Morgan fingerprint density at radius 1 is 1.20 bits per heavy atom. The highest BCUT2D eigenvalue weighted by Crippen LogP contribution is 2.29. The molecular weight excluding hydrogens is 406 g/mol. The van der Waals surface area contributed by atoms with E-state index in [2.05, 4.69) is 10.4 Å². The largest absolute Gasteiger partial charge is 0.332 e. The lowest BCUT2D eigenvalue weighted by Crippen LogP contribution is -2.32. The smallest absolute Gasteiger partial charge is 0.286 e. The second-order valence-electron chi connectivity index (χ2n) is 7.32. The minimum absolute atomic E-state index is 0.0934. The lowest BCUT2D eigenvalue weighted by Gasteiger charge is -2.15. The van der Waals surface area contributed by atoms with E-state index in [-0.39, 0.29) is 31.0 Å². The summed E-state index contributed by atoms with van der Waals surface area (Å²) in [5.74, 6) is -0.743. The first-order valence-corrected chi connectivity index (χ1v) is 10.3. The summed E-state index contributed by atoms with van der Waals surface area (Å²) in [5.41, 5.74) is 3.92. The number of nitrogens with zero attached hydrogens (tertiary/aromatic N) is 3. The zero-order chi connectivity index (χ0) is 21.0. The molecule has 1 fully saturated rings. The van der Waals surface area contributed by atoms with E-state index in [9.17, 15) is 19.2 Å². The fraction of sp³-hybridized carbons (Fsp3) is 0.250. The molecule has 4 heterocycles. The molecule has 2 N–H and O–H groups in total. The van der Waals surface area contributed by atoms with E-state index in [0.717, 1.165) is 28.6 Å². The lowest BCUT2D eigenvalue weighted by atomic mass is 10.1. The molecule has 3 amide bonds. The van der Waals surface area contributed by atoms with Gasteiger partial charge in [0.1, 0.15) is 5.25 Å². The van der Waals surface area contributed by atoms with Crippen LogP contribution in [-0.4, -0.2) is 41.8 Å². The molecule has 2 aliphatic rings. The van der Waals surface area contributed by atoms with Crippen LogP contribution in [0.5, 0.6) is 0 Å². The molecule has 0 saturated carbocycles. The van der Waals surface area contributed by atoms with Crippen molar-refractivity contribution < 1.29 is 14.4 Å². The van der Waals surface area contributed by atoms with Crippen molar-refractivity contribution >= 4 is 34.5 Å². The van der Waals surface area contributed by atoms with Gasteiger partial charge >= 0.3 is 0 Å². The number of nitrogens with one attached hydrogen (secondary N) is 2. The van der Waals surface area contributed by atoms with Gasteiger partial charge in [-0.2, -0.15) is 0 Å². The van der Waals surface area contributed by atoms with Gasteiger partial charge in [-0.05, 0) is 12.5 Å². The fourth-order valence-electron chi connectivity index (χ4n) is 3.92. The van der Waals surface area contributed by atoms with Crippen LogP contribution < -0.4 is 10.9 Å². The van der Waals surface area contributed by atoms with Crippen LogP contribution in [0.4, 0.5) is 4.79 Å². The van der Waals surface area contributed by atoms with Crippen LogP contribution in [-0.2, 0) is 22.7 Å². The van der Waals surface area contributed by atoms with Gasteiger partial charge in [0.15, 0.2) is 5.65 Å². The summed E-state index contributed by atoms with van der Waals surface area (Å²) >= 11 is 0.819. The summed E-state index contributed by atoms with van der Waals surface area (Å²) in [6, 6.07) is 9.68. The number of benzene rings is 1. The predicted molar refractivity (Wildman–Crippen MR) is 110 cm³/mol. The molecule has 0 unspecified atom stereocenters. The van der Waals surface area contributed by atoms with Crippen molar-refractivity contribution in [3.63, 3.8) is 0 Å². The van der Waals surface area contributed by atoms with Crippen LogP contribution in [0.15, 0.2) is 35.1 Å². The van der Waals surface area contributed by atoms with E-state index in [1.807, 2.05) is 37.3 Å². The molecule has 10 heteroatoms. The maximum atomic E-state index is 13.1. The molecule has 2 aliphatic heterocycles. The number of rotatable bonds is 3. The van der Waals surface area contributed by atoms with Gasteiger partial charge in [0.25, 0.3) is 10.8 Å². The third-order valence-corrected chi connectivity index (χ3v) is 6.35. The number of fused-ring (bicyclic) bond motifs is 2. The van der Waals surface area contributed by atoms with Crippen molar-refractivity contribution in [2.75, 3.05) is 0 Å². The summed E-state index contributed by atoms with van der Waals surface area (Å²) in [4.78, 5) is 55.0. The van der Waals surface area contributed by atoms with Gasteiger partial charge in [0, 0.05) is 17.7 Å². The monoisotopic (exact) mass is 423 g/mol. The third kappa shape index (κ3) is 2.91. The number of carbonyl (C=O) groups is 3. The molecule has 0 bridgehead atoms. The van der Waals surface area contributed by atoms with Crippen molar-refractivity contribution in [3.05, 3.63) is 57.6 Å². The van der Waals surface area contributed by atoms with Gasteiger partial charge in [-0.3, -0.25) is 29.6 Å². The number of aryl methyl sites for hydroxylation is 1. The van der Waals surface area contributed by atoms with Crippen LogP contribution in [0.2, 0.25) is 0 Å². The van der Waals surface area contributed by atoms with E-state index in [1.165, 1.54) is 9.42 Å². The van der Waals surface area contributed by atoms with Crippen LogP contribution in [0, 0.1) is 6.92 Å². The second kappa shape index (κ2) is 6.84. The molecule has 152 valence electrons. The lowest BCUT2D eigenvalue weighted by molar-refractivity contribution is -0.133. The topological polar surface area (TPSA) is 117 Å². The molecule has 9 nitrogen and oxygen atoms in total. The zero-order valence-corrected chi connectivity index (χ0v) is 16.8. The summed E-state index contributed by atoms with van der Waals surface area (Å²) < 4.78 is 1.42. The number of imide groups is 1. The highest BCUT2D eigenvalue weighted by atomic mass is 32.2. The van der Waals surface area contributed by atoms with Gasteiger partial charge in [-0.1, -0.05) is 42.1 Å². The van der Waals surface area contributed by atoms with Crippen molar-refractivity contribution in [1.29, 1.82) is 0 Å². The number of H-pyrrole nitrogens is 1. The molecule has 3 aromatic rings. The molecule has 2 aromatic heterocycles. The second-order valence-corrected chi connectivity index (χ2v) is 8.49. The minimum atomic E-state index is -0.732. The average Bonchev–Trinajstić information content (AvgIpc) is 3.38. The molecule has 30 heavy (non-hydrogen) atoms. The van der Waals surface area contributed by atoms with E-state index < -0.39 is 16.4 Å². The highest BCUT2D eigenvalue weighted by Gasteiger charge is 2.36. The molecule has 0 radical (unpaired) electrons. The Morgan fingerprint density at radius 3 is 2.67 bits per heavy atom. The highest BCUT2D eigenvalue weighted by molar-refractivity contribution is 8.15. The normalized spacial score (nSPS) is 18.2. The summed E-state index contributed by atoms with van der Waals surface area (Å²) in [6.07, 6.45) is -0.0934. The number of aromatic nitrogens is 3. The van der Waals surface area contributed by atoms with Crippen molar-refractivity contribution in [2.45, 2.75) is 31.7 Å². The SMILES string of the molecule is Cc1[nH]n2c(=O)c3c(nc2c1-c1ccccc1)CN(C(=O)C[C@@H]1SC(=O)NC1=O)C3. The first-order valence-electron chi connectivity index (χ1n) is 9.40. The predicted octanol–water partition coefficient (Wildman–Crippen LogP) is 1.58. The van der Waals surface area contributed by atoms with Crippen LogP contribution >= 0.6 is 11.8 Å². The number of carbonyl (C=O) groups excluding carboxylic acids is 3. The summed E-state index contributed by atoms with van der Waals surface area (Å²) in [7, 11) is 0. The van der Waals surface area contributed by atoms with Crippen LogP contribution in [0.1, 0.15) is 23.4 Å². The Hall–Kier alpha value is -3.40. The third-order valence-electron chi connectivity index (χ3n) is 5.37. The molecular formula is C20H17N5O4S. The maximum Gasteiger partial charge on any atom is 0.286 e. The number of hydrogen-bond acceptors (Lipinski definition) is 6. The number of thioether (sulfide) groups is 1. The number of aromatic amines is 1. The first kappa shape index (κ1) is 18.6. The molecule has 0 aliphatic carbocycles.